The van der Waals surface area contributed by atoms with E-state index in [2.05, 4.69) is 45.1 Å². The van der Waals surface area contributed by atoms with Gasteiger partial charge in [0.2, 0.25) is 5.91 Å². The summed E-state index contributed by atoms with van der Waals surface area (Å²) < 4.78 is 0. The van der Waals surface area contributed by atoms with Crippen molar-refractivity contribution >= 4 is 11.6 Å². The Kier molecular flexibility index (Phi) is 9.23. The van der Waals surface area contributed by atoms with Gasteiger partial charge in [-0.15, -0.1) is 0 Å². The molecule has 0 aliphatic carbocycles. The number of anilines is 1. The number of carbonyl (C=O) groups excluding carboxylic acids is 1. The molecule has 0 heterocycles. The Morgan fingerprint density at radius 3 is 2.42 bits per heavy atom. The Morgan fingerprint density at radius 2 is 1.88 bits per heavy atom. The molecule has 0 aliphatic rings. The monoisotopic (exact) mass is 358 g/mol. The summed E-state index contributed by atoms with van der Waals surface area (Å²) >= 11 is 0. The van der Waals surface area contributed by atoms with Crippen LogP contribution in [0, 0.1) is 17.4 Å². The van der Waals surface area contributed by atoms with Gasteiger partial charge in [0.25, 0.3) is 0 Å². The number of carbonyl (C=O) groups is 1. The van der Waals surface area contributed by atoms with Crippen molar-refractivity contribution in [2.75, 3.05) is 5.01 Å². The van der Waals surface area contributed by atoms with Gasteiger partial charge < -0.3 is 5.11 Å². The minimum Gasteiger partial charge on any atom is -0.388 e. The van der Waals surface area contributed by atoms with Crippen LogP contribution in [-0.2, 0) is 4.79 Å². The lowest BCUT2D eigenvalue weighted by molar-refractivity contribution is -0.117. The summed E-state index contributed by atoms with van der Waals surface area (Å²) in [5.74, 6) is 2.88. The topological polar surface area (TPSA) is 52.6 Å². The number of aliphatic hydroxyl groups is 1. The molecule has 0 radical (unpaired) electrons. The van der Waals surface area contributed by atoms with Gasteiger partial charge in [-0.1, -0.05) is 58.6 Å². The standard InChI is InChI=1S/C22H34N2O2/c1-6-7-8-9-17-23-24(18(2)25)20-14-12-19(13-15-20)21(26)11-10-16-22(3,4)5/h12-15,21,23,26H,6-8,10-11,16H2,1-5H3. The maximum atomic E-state index is 11.9. The van der Waals surface area contributed by atoms with E-state index in [-0.39, 0.29) is 11.3 Å². The molecule has 0 saturated carbocycles. The molecule has 1 aromatic rings. The lowest BCUT2D eigenvalue weighted by Crippen LogP contribution is -2.38. The van der Waals surface area contributed by atoms with Gasteiger partial charge >= 0.3 is 0 Å². The largest absolute Gasteiger partial charge is 0.388 e. The van der Waals surface area contributed by atoms with Crippen molar-refractivity contribution in [3.8, 4) is 12.0 Å². The van der Waals surface area contributed by atoms with E-state index in [9.17, 15) is 9.90 Å². The molecule has 1 amide bonds. The molecular formula is C22H34N2O2. The van der Waals surface area contributed by atoms with E-state index < -0.39 is 6.10 Å². The molecule has 0 fully saturated rings. The second kappa shape index (κ2) is 10.9. The fourth-order valence-electron chi connectivity index (χ4n) is 2.59. The number of nitrogens with one attached hydrogen (secondary N) is 1. The third-order valence-corrected chi connectivity index (χ3v) is 4.17. The number of nitrogens with zero attached hydrogens (tertiary/aromatic N) is 1. The van der Waals surface area contributed by atoms with Crippen molar-refractivity contribution < 1.29 is 9.90 Å². The number of amides is 1. The molecule has 26 heavy (non-hydrogen) atoms. The lowest BCUT2D eigenvalue weighted by Gasteiger charge is -2.21. The van der Waals surface area contributed by atoms with Gasteiger partial charge in [0.05, 0.1) is 11.8 Å². The first-order valence-corrected chi connectivity index (χ1v) is 9.57. The summed E-state index contributed by atoms with van der Waals surface area (Å²) in [6.07, 6.45) is 5.31. The normalized spacial score (nSPS) is 12.1. The molecule has 1 rings (SSSR count). The van der Waals surface area contributed by atoms with Crippen LogP contribution in [0.5, 0.6) is 0 Å². The Labute approximate surface area is 159 Å². The van der Waals surface area contributed by atoms with E-state index in [1.807, 2.05) is 24.3 Å². The van der Waals surface area contributed by atoms with E-state index in [4.69, 9.17) is 0 Å². The molecule has 4 heteroatoms. The molecular weight excluding hydrogens is 324 g/mol. The molecule has 1 atom stereocenters. The first-order valence-electron chi connectivity index (χ1n) is 9.57. The second-order valence-electron chi connectivity index (χ2n) is 7.93. The number of aliphatic hydroxyl groups excluding tert-OH is 1. The smallest absolute Gasteiger partial charge is 0.243 e. The third-order valence-electron chi connectivity index (χ3n) is 4.17. The Morgan fingerprint density at radius 1 is 1.23 bits per heavy atom. The SMILES string of the molecule is CCCCC#CNN(C(C)=O)c1ccc(C(O)CCCC(C)(C)C)cc1. The van der Waals surface area contributed by atoms with Crippen LogP contribution >= 0.6 is 0 Å². The Balaban J connectivity index is 2.66. The van der Waals surface area contributed by atoms with Crippen molar-refractivity contribution in [3.63, 3.8) is 0 Å². The van der Waals surface area contributed by atoms with E-state index in [1.54, 1.807) is 0 Å². The molecule has 1 aromatic carbocycles. The number of hydrogen-bond donors (Lipinski definition) is 2. The van der Waals surface area contributed by atoms with Gasteiger partial charge in [-0.25, -0.2) is 10.4 Å². The fourth-order valence-corrected chi connectivity index (χ4v) is 2.59. The van der Waals surface area contributed by atoms with Crippen molar-refractivity contribution in [3.05, 3.63) is 29.8 Å². The Hall–Kier alpha value is -1.99. The molecule has 2 N–H and O–H groups in total. The summed E-state index contributed by atoms with van der Waals surface area (Å²) in [6, 6.07) is 10.3. The van der Waals surface area contributed by atoms with E-state index in [0.29, 0.717) is 5.69 Å². The number of rotatable bonds is 8. The van der Waals surface area contributed by atoms with Gasteiger partial charge in [-0.05, 0) is 42.4 Å². The summed E-state index contributed by atoms with van der Waals surface area (Å²) in [5.41, 5.74) is 4.73. The van der Waals surface area contributed by atoms with Crippen molar-refractivity contribution in [1.82, 2.24) is 5.43 Å². The summed E-state index contributed by atoms with van der Waals surface area (Å²) in [6.45, 7) is 10.3. The van der Waals surface area contributed by atoms with Crippen LogP contribution < -0.4 is 10.4 Å². The van der Waals surface area contributed by atoms with Gasteiger partial charge in [0, 0.05) is 19.4 Å². The van der Waals surface area contributed by atoms with Crippen LogP contribution in [0.2, 0.25) is 0 Å². The van der Waals surface area contributed by atoms with Gasteiger partial charge in [0.1, 0.15) is 0 Å². The third kappa shape index (κ3) is 8.40. The highest BCUT2D eigenvalue weighted by atomic mass is 16.3. The van der Waals surface area contributed by atoms with Crippen LogP contribution in [-0.4, -0.2) is 11.0 Å². The Bertz CT molecular complexity index is 606. The number of benzene rings is 1. The number of hydrogen-bond acceptors (Lipinski definition) is 3. The molecule has 0 bridgehead atoms. The molecule has 0 aromatic heterocycles. The van der Waals surface area contributed by atoms with Crippen LogP contribution in [0.15, 0.2) is 24.3 Å². The maximum absolute atomic E-state index is 11.9. The van der Waals surface area contributed by atoms with Gasteiger partial charge in [-0.3, -0.25) is 4.79 Å². The first kappa shape index (κ1) is 22.1. The molecule has 0 aliphatic heterocycles. The minimum absolute atomic E-state index is 0.131. The number of unbranched alkanes of at least 4 members (excludes halogenated alkanes) is 2. The lowest BCUT2D eigenvalue weighted by atomic mass is 9.88. The van der Waals surface area contributed by atoms with Crippen molar-refractivity contribution in [2.45, 2.75) is 79.2 Å². The van der Waals surface area contributed by atoms with Crippen LogP contribution in [0.4, 0.5) is 5.69 Å². The van der Waals surface area contributed by atoms with Gasteiger partial charge in [-0.2, -0.15) is 0 Å². The molecule has 144 valence electrons. The zero-order valence-electron chi connectivity index (χ0n) is 16.9. The molecule has 4 nitrogen and oxygen atoms in total. The van der Waals surface area contributed by atoms with Crippen LogP contribution in [0.1, 0.15) is 84.8 Å². The van der Waals surface area contributed by atoms with E-state index in [1.165, 1.54) is 11.9 Å². The summed E-state index contributed by atoms with van der Waals surface area (Å²) in [7, 11) is 0. The maximum Gasteiger partial charge on any atom is 0.243 e. The van der Waals surface area contributed by atoms with Crippen LogP contribution in [0.25, 0.3) is 0 Å². The number of hydrazine groups is 1. The highest BCUT2D eigenvalue weighted by Gasteiger charge is 2.14. The summed E-state index contributed by atoms with van der Waals surface area (Å²) in [4.78, 5) is 11.9. The zero-order valence-corrected chi connectivity index (χ0v) is 16.9. The van der Waals surface area contributed by atoms with E-state index >= 15 is 0 Å². The molecule has 0 saturated heterocycles. The average Bonchev–Trinajstić information content (AvgIpc) is 2.57. The quantitative estimate of drug-likeness (QED) is 0.299. The predicted molar refractivity (Wildman–Crippen MR) is 108 cm³/mol. The minimum atomic E-state index is -0.473. The molecule has 0 spiro atoms. The van der Waals surface area contributed by atoms with Gasteiger partial charge in [0.15, 0.2) is 0 Å². The second-order valence-corrected chi connectivity index (χ2v) is 7.93. The zero-order chi connectivity index (χ0) is 19.6. The van der Waals surface area contributed by atoms with Crippen LogP contribution in [0.3, 0.4) is 0 Å². The van der Waals surface area contributed by atoms with Crippen molar-refractivity contribution in [1.29, 1.82) is 0 Å². The average molecular weight is 359 g/mol. The first-order chi connectivity index (χ1) is 12.2. The predicted octanol–water partition coefficient (Wildman–Crippen LogP) is 4.95. The highest BCUT2D eigenvalue weighted by molar-refractivity contribution is 5.90. The molecule has 1 unspecified atom stereocenters. The van der Waals surface area contributed by atoms with E-state index in [0.717, 1.165) is 44.1 Å². The summed E-state index contributed by atoms with van der Waals surface area (Å²) in [5, 5.41) is 11.8. The highest BCUT2D eigenvalue weighted by Crippen LogP contribution is 2.27. The van der Waals surface area contributed by atoms with Crippen molar-refractivity contribution in [2.24, 2.45) is 5.41 Å². The fraction of sp³-hybridized carbons (Fsp3) is 0.591.